The summed E-state index contributed by atoms with van der Waals surface area (Å²) in [5.41, 5.74) is 0. The minimum atomic E-state index is -4.95. The van der Waals surface area contributed by atoms with E-state index in [4.69, 9.17) is 32.3 Å². The summed E-state index contributed by atoms with van der Waals surface area (Å²) in [5.74, 6) is -1.72. The minimum absolute atomic E-state index is 0.0416. The SMILES string of the molecule is CC/C=C\C/C=C\C/C=C\C/C=C\C/C=C\C/C=C\CCCCC(=O)OCC(O)COP(=O)(O)OCC(O)COP(=O)(O)OCC(COC(=O)CC/C=C\C/C=C\C/C=C\C/C=C\C/C=C\C/C=C\CC)OC(=O)CCCCCCCCCCCCCCCCC. The van der Waals surface area contributed by atoms with E-state index in [2.05, 4.69) is 148 Å². The van der Waals surface area contributed by atoms with Crippen molar-refractivity contribution in [2.45, 2.75) is 257 Å². The quantitative estimate of drug-likeness (QED) is 0.0146. The maximum Gasteiger partial charge on any atom is 0.472 e. The van der Waals surface area contributed by atoms with E-state index in [-0.39, 0.29) is 19.3 Å². The Bertz CT molecular complexity index is 2240. The highest BCUT2D eigenvalue weighted by molar-refractivity contribution is 7.47. The van der Waals surface area contributed by atoms with Crippen molar-refractivity contribution in [3.05, 3.63) is 146 Å². The number of rotatable bonds is 63. The van der Waals surface area contributed by atoms with Crippen LogP contribution in [0.5, 0.6) is 0 Å². The van der Waals surface area contributed by atoms with Crippen molar-refractivity contribution >= 4 is 33.6 Å². The lowest BCUT2D eigenvalue weighted by atomic mass is 10.0. The zero-order chi connectivity index (χ0) is 66.7. The number of hydrogen-bond acceptors (Lipinski definition) is 14. The molecule has 0 fully saturated rings. The molecule has 0 aromatic heterocycles. The highest BCUT2D eigenvalue weighted by Gasteiger charge is 2.29. The first-order valence-electron chi connectivity index (χ1n) is 34.1. The Morgan fingerprint density at radius 3 is 0.989 bits per heavy atom. The lowest BCUT2D eigenvalue weighted by Crippen LogP contribution is -2.30. The van der Waals surface area contributed by atoms with E-state index in [0.29, 0.717) is 25.7 Å². The Morgan fingerprint density at radius 2 is 0.604 bits per heavy atom. The van der Waals surface area contributed by atoms with Crippen LogP contribution in [0.2, 0.25) is 0 Å². The Labute approximate surface area is 549 Å². The smallest absolute Gasteiger partial charge is 0.463 e. The standard InChI is InChI=1S/C73H120O16P2/c1-4-7-10-13-16-19-22-25-28-30-32-33-35-37-39-41-44-47-50-53-56-59-71(76)83-62-68(74)63-85-90(79,80)86-64-69(75)65-87-91(81,82)88-67-70(89-73(78)61-58-55-52-49-46-43-38-27-24-21-18-15-12-9-6-3)66-84-72(77)60-57-54-51-48-45-42-40-36-34-31-29-26-23-20-17-14-11-8-5-2/h7-8,10-11,16-17,19-20,25-26,28-29,32-34,36-37,39,42,44-45,47,51,54,68-70,74-75H,4-6,9,12-15,18,21-24,27,30-31,35,38,40-41,43,46,48-50,52-53,55-67H2,1-3H3,(H,79,80)(H,81,82)/b10-7-,11-8-,19-16-,20-17-,28-25-,29-26-,33-32-,36-34-,39-37-,45-42-,47-44-,54-51-. The molecule has 0 saturated carbocycles. The van der Waals surface area contributed by atoms with Crippen LogP contribution >= 0.6 is 15.6 Å². The molecule has 0 aromatic rings. The molecule has 0 aliphatic carbocycles. The number of hydrogen-bond donors (Lipinski definition) is 4. The van der Waals surface area contributed by atoms with Crippen LogP contribution in [0.25, 0.3) is 0 Å². The van der Waals surface area contributed by atoms with Gasteiger partial charge in [0.15, 0.2) is 6.10 Å². The molecule has 91 heavy (non-hydrogen) atoms. The fraction of sp³-hybridized carbons (Fsp3) is 0.630. The van der Waals surface area contributed by atoms with Crippen molar-refractivity contribution in [1.82, 2.24) is 0 Å². The molecule has 0 radical (unpaired) electrons. The topological polar surface area (TPSA) is 231 Å². The van der Waals surface area contributed by atoms with E-state index in [1.807, 2.05) is 18.2 Å². The Kier molecular flexibility index (Phi) is 62.2. The van der Waals surface area contributed by atoms with Crippen LogP contribution < -0.4 is 0 Å². The van der Waals surface area contributed by atoms with E-state index in [1.165, 1.54) is 64.2 Å². The summed E-state index contributed by atoms with van der Waals surface area (Å²) in [6, 6.07) is 0. The molecule has 4 N–H and O–H groups in total. The summed E-state index contributed by atoms with van der Waals surface area (Å²) < 4.78 is 60.8. The zero-order valence-corrected chi connectivity index (χ0v) is 57.7. The number of unbranched alkanes of at least 4 members (excludes halogenated alkanes) is 16. The van der Waals surface area contributed by atoms with Crippen molar-refractivity contribution in [2.24, 2.45) is 0 Å². The van der Waals surface area contributed by atoms with Gasteiger partial charge in [-0.05, 0) is 109 Å². The molecule has 0 aromatic carbocycles. The summed E-state index contributed by atoms with van der Waals surface area (Å²) in [4.78, 5) is 58.3. The lowest BCUT2D eigenvalue weighted by Gasteiger charge is -2.21. The van der Waals surface area contributed by atoms with Gasteiger partial charge in [0.2, 0.25) is 0 Å². The number of esters is 3. The van der Waals surface area contributed by atoms with E-state index in [0.717, 1.165) is 109 Å². The van der Waals surface area contributed by atoms with Gasteiger partial charge in [-0.2, -0.15) is 0 Å². The van der Waals surface area contributed by atoms with Crippen LogP contribution in [-0.4, -0.2) is 95.9 Å². The van der Waals surface area contributed by atoms with Crippen LogP contribution in [0, 0.1) is 0 Å². The molecular formula is C73H120O16P2. The number of ether oxygens (including phenoxy) is 3. The largest absolute Gasteiger partial charge is 0.472 e. The van der Waals surface area contributed by atoms with Crippen molar-refractivity contribution in [3.8, 4) is 0 Å². The zero-order valence-electron chi connectivity index (χ0n) is 56.0. The van der Waals surface area contributed by atoms with Gasteiger partial charge in [0.05, 0.1) is 26.4 Å². The van der Waals surface area contributed by atoms with Crippen molar-refractivity contribution in [1.29, 1.82) is 0 Å². The normalized spacial score (nSPS) is 15.1. The third kappa shape index (κ3) is 66.7. The Hall–Kier alpha value is -4.57. The van der Waals surface area contributed by atoms with E-state index < -0.39 is 91.5 Å². The predicted octanol–water partition coefficient (Wildman–Crippen LogP) is 19.0. The molecule has 5 unspecified atom stereocenters. The Balaban J connectivity index is 4.78. The molecule has 0 heterocycles. The number of carbonyl (C=O) groups is 3. The molecule has 5 atom stereocenters. The third-order valence-corrected chi connectivity index (χ3v) is 15.5. The van der Waals surface area contributed by atoms with Gasteiger partial charge in [-0.3, -0.25) is 32.5 Å². The van der Waals surface area contributed by atoms with Gasteiger partial charge in [-0.25, -0.2) is 9.13 Å². The van der Waals surface area contributed by atoms with Crippen molar-refractivity contribution < 1.29 is 75.8 Å². The van der Waals surface area contributed by atoms with Gasteiger partial charge >= 0.3 is 33.6 Å². The van der Waals surface area contributed by atoms with Crippen LogP contribution in [0.4, 0.5) is 0 Å². The lowest BCUT2D eigenvalue weighted by molar-refractivity contribution is -0.161. The number of phosphoric ester groups is 2. The second-order valence-electron chi connectivity index (χ2n) is 22.2. The molecule has 0 saturated heterocycles. The van der Waals surface area contributed by atoms with Gasteiger partial charge in [0.25, 0.3) is 0 Å². The molecule has 0 rings (SSSR count). The van der Waals surface area contributed by atoms with Crippen LogP contribution in [0.15, 0.2) is 146 Å². The molecule has 518 valence electrons. The number of carbonyl (C=O) groups excluding carboxylic acids is 3. The molecular weight excluding hydrogens is 1190 g/mol. The van der Waals surface area contributed by atoms with E-state index in [1.54, 1.807) is 0 Å². The molecule has 0 spiro atoms. The second-order valence-corrected chi connectivity index (χ2v) is 25.1. The van der Waals surface area contributed by atoms with Crippen LogP contribution in [-0.2, 0) is 55.8 Å². The monoisotopic (exact) mass is 1310 g/mol. The molecule has 18 heteroatoms. The number of aliphatic hydroxyl groups is 2. The van der Waals surface area contributed by atoms with E-state index >= 15 is 0 Å². The van der Waals surface area contributed by atoms with E-state index in [9.17, 15) is 43.5 Å². The van der Waals surface area contributed by atoms with Gasteiger partial charge < -0.3 is 34.2 Å². The maximum absolute atomic E-state index is 12.9. The number of aliphatic hydroxyl groups excluding tert-OH is 2. The average Bonchev–Trinajstić information content (AvgIpc) is 3.09. The summed E-state index contributed by atoms with van der Waals surface area (Å²) >= 11 is 0. The fourth-order valence-corrected chi connectivity index (χ4v) is 10.0. The first-order valence-corrected chi connectivity index (χ1v) is 37.1. The predicted molar refractivity (Wildman–Crippen MR) is 371 cm³/mol. The highest BCUT2D eigenvalue weighted by atomic mass is 31.2. The number of allylic oxidation sites excluding steroid dienone is 24. The van der Waals surface area contributed by atoms with Crippen LogP contribution in [0.1, 0.15) is 239 Å². The molecule has 16 nitrogen and oxygen atoms in total. The first-order chi connectivity index (χ1) is 44.2. The van der Waals surface area contributed by atoms with Gasteiger partial charge in [0, 0.05) is 19.3 Å². The molecule has 0 aliphatic heterocycles. The highest BCUT2D eigenvalue weighted by Crippen LogP contribution is 2.45. The third-order valence-electron chi connectivity index (χ3n) is 13.6. The second kappa shape index (κ2) is 65.5. The maximum atomic E-state index is 12.9. The summed E-state index contributed by atoms with van der Waals surface area (Å²) in [6.45, 7) is 2.28. The van der Waals surface area contributed by atoms with Crippen molar-refractivity contribution in [2.75, 3.05) is 39.6 Å². The number of phosphoric acid groups is 2. The molecule has 0 aliphatic rings. The van der Waals surface area contributed by atoms with Gasteiger partial charge in [0.1, 0.15) is 25.4 Å². The van der Waals surface area contributed by atoms with Crippen molar-refractivity contribution in [3.63, 3.8) is 0 Å². The van der Waals surface area contributed by atoms with Gasteiger partial charge in [-0.1, -0.05) is 256 Å². The summed E-state index contributed by atoms with van der Waals surface area (Å²) in [5, 5.41) is 20.5. The fourth-order valence-electron chi connectivity index (χ4n) is 8.42. The van der Waals surface area contributed by atoms with Crippen LogP contribution in [0.3, 0.4) is 0 Å². The Morgan fingerprint density at radius 1 is 0.319 bits per heavy atom. The van der Waals surface area contributed by atoms with Gasteiger partial charge in [-0.15, -0.1) is 0 Å². The summed E-state index contributed by atoms with van der Waals surface area (Å²) in [6.07, 6.45) is 77.7. The molecule has 0 amide bonds. The summed E-state index contributed by atoms with van der Waals surface area (Å²) in [7, 11) is -9.82. The first kappa shape index (κ1) is 86.4. The minimum Gasteiger partial charge on any atom is -0.463 e. The average molecular weight is 1320 g/mol. The molecule has 0 bridgehead atoms.